The minimum absolute atomic E-state index is 0.144. The minimum Gasteiger partial charge on any atom is -0.415 e. The summed E-state index contributed by atoms with van der Waals surface area (Å²) in [5.74, 6) is -1.98. The molecule has 220 valence electrons. The zero-order chi connectivity index (χ0) is 29.0. The number of sulfonamides is 1. The molecule has 0 radical (unpaired) electrons. The SMILES string of the molecule is Cc1cc(-c2nnc(-c3ccc(C(CO)S(N)(=O)=O)cc3N3CCC4(CC3)CC4)o2)nc(N2CCC(F)(F)CC2)n1. The van der Waals surface area contributed by atoms with E-state index in [2.05, 4.69) is 25.1 Å². The van der Waals surface area contributed by atoms with Crippen LogP contribution < -0.4 is 14.9 Å². The Hall–Kier alpha value is -3.23. The van der Waals surface area contributed by atoms with Crippen LogP contribution in [0.3, 0.4) is 0 Å². The predicted octanol–water partition coefficient (Wildman–Crippen LogP) is 3.44. The lowest BCUT2D eigenvalue weighted by atomic mass is 9.92. The van der Waals surface area contributed by atoms with Crippen LogP contribution in [-0.2, 0) is 10.0 Å². The predicted molar refractivity (Wildman–Crippen MR) is 148 cm³/mol. The largest absolute Gasteiger partial charge is 0.415 e. The van der Waals surface area contributed by atoms with Gasteiger partial charge in [0.1, 0.15) is 10.9 Å². The zero-order valence-electron chi connectivity index (χ0n) is 22.8. The van der Waals surface area contributed by atoms with Crippen molar-refractivity contribution in [3.8, 4) is 23.0 Å². The Kier molecular flexibility index (Phi) is 6.97. The molecule has 2 saturated heterocycles. The van der Waals surface area contributed by atoms with E-state index in [1.165, 1.54) is 12.8 Å². The average molecular weight is 590 g/mol. The molecule has 4 heterocycles. The monoisotopic (exact) mass is 589 g/mol. The van der Waals surface area contributed by atoms with E-state index in [1.807, 2.05) is 0 Å². The summed E-state index contributed by atoms with van der Waals surface area (Å²) in [6, 6.07) is 6.73. The van der Waals surface area contributed by atoms with Crippen molar-refractivity contribution in [1.82, 2.24) is 20.2 Å². The highest BCUT2D eigenvalue weighted by Crippen LogP contribution is 2.54. The van der Waals surface area contributed by atoms with E-state index in [0.29, 0.717) is 33.9 Å². The Bertz CT molecular complexity index is 1540. The standard InChI is InChI=1S/C27H33F2N7O4S/c1-17-14-20(32-25(31-17)36-12-8-27(28,29)9-13-36)24-34-33-23(40-24)19-3-2-18(22(16-37)41(30,38)39)15-21(19)35-10-6-26(4-5-26)7-11-35/h2-3,14-15,22,37H,4-13,16H2,1H3,(H2,30,38,39). The number of alkyl halides is 2. The summed E-state index contributed by atoms with van der Waals surface area (Å²) in [7, 11) is -4.04. The number of hydrogen-bond donors (Lipinski definition) is 2. The first-order chi connectivity index (χ1) is 19.5. The van der Waals surface area contributed by atoms with Crippen LogP contribution in [0.2, 0.25) is 0 Å². The number of nitrogens with two attached hydrogens (primary N) is 1. The fourth-order valence-electron chi connectivity index (χ4n) is 5.76. The number of benzene rings is 1. The van der Waals surface area contributed by atoms with Crippen LogP contribution in [0.1, 0.15) is 55.0 Å². The molecule has 3 aliphatic rings. The minimum atomic E-state index is -4.04. The third kappa shape index (κ3) is 5.77. The van der Waals surface area contributed by atoms with E-state index in [4.69, 9.17) is 9.56 Å². The molecule has 6 rings (SSSR count). The molecule has 3 aromatic rings. The van der Waals surface area contributed by atoms with Crippen molar-refractivity contribution >= 4 is 21.7 Å². The fraction of sp³-hybridized carbons (Fsp3) is 0.556. The lowest BCUT2D eigenvalue weighted by Gasteiger charge is -2.35. The first-order valence-electron chi connectivity index (χ1n) is 13.8. The normalized spacial score (nSPS) is 20.8. The average Bonchev–Trinajstić information content (AvgIpc) is 3.48. The molecular formula is C27H33F2N7O4S. The molecule has 3 fully saturated rings. The van der Waals surface area contributed by atoms with Gasteiger partial charge in [-0.2, -0.15) is 0 Å². The van der Waals surface area contributed by atoms with Gasteiger partial charge in [-0.1, -0.05) is 6.07 Å². The first kappa shape index (κ1) is 27.9. The van der Waals surface area contributed by atoms with Gasteiger partial charge in [-0.3, -0.25) is 0 Å². The third-order valence-corrected chi connectivity index (χ3v) is 9.79. The molecule has 1 spiro atoms. The first-order valence-corrected chi connectivity index (χ1v) is 15.4. The number of hydrogen-bond acceptors (Lipinski definition) is 10. The Morgan fingerprint density at radius 2 is 1.63 bits per heavy atom. The number of primary sulfonamides is 1. The lowest BCUT2D eigenvalue weighted by Crippen LogP contribution is -2.40. The number of nitrogens with zero attached hydrogens (tertiary/aromatic N) is 6. The highest BCUT2D eigenvalue weighted by Gasteiger charge is 2.45. The van der Waals surface area contributed by atoms with E-state index in [0.717, 1.165) is 31.6 Å². The quantitative estimate of drug-likeness (QED) is 0.419. The van der Waals surface area contributed by atoms with E-state index >= 15 is 0 Å². The molecule has 1 aliphatic carbocycles. The van der Waals surface area contributed by atoms with Gasteiger partial charge >= 0.3 is 0 Å². The van der Waals surface area contributed by atoms with Gasteiger partial charge in [-0.25, -0.2) is 32.3 Å². The smallest absolute Gasteiger partial charge is 0.266 e. The van der Waals surface area contributed by atoms with Crippen molar-refractivity contribution in [3.63, 3.8) is 0 Å². The summed E-state index contributed by atoms with van der Waals surface area (Å²) >= 11 is 0. The molecule has 1 atom stereocenters. The van der Waals surface area contributed by atoms with Gasteiger partial charge in [-0.05, 0) is 61.8 Å². The number of rotatable bonds is 7. The Labute approximate surface area is 236 Å². The van der Waals surface area contributed by atoms with Gasteiger partial charge in [0.25, 0.3) is 11.8 Å². The molecule has 1 saturated carbocycles. The number of aromatic nitrogens is 4. The Balaban J connectivity index is 1.33. The molecule has 1 unspecified atom stereocenters. The third-order valence-electron chi connectivity index (χ3n) is 8.57. The molecule has 0 amide bonds. The number of aryl methyl sites for hydroxylation is 1. The summed E-state index contributed by atoms with van der Waals surface area (Å²) in [6.45, 7) is 3.01. The number of halogens is 2. The molecule has 14 heteroatoms. The molecular weight excluding hydrogens is 556 g/mol. The van der Waals surface area contributed by atoms with Crippen LogP contribution in [0.25, 0.3) is 23.0 Å². The van der Waals surface area contributed by atoms with E-state index in [9.17, 15) is 22.3 Å². The highest BCUT2D eigenvalue weighted by atomic mass is 32.2. The van der Waals surface area contributed by atoms with Crippen LogP contribution in [0, 0.1) is 12.3 Å². The second-order valence-corrected chi connectivity index (χ2v) is 13.2. The van der Waals surface area contributed by atoms with Crippen molar-refractivity contribution in [1.29, 1.82) is 0 Å². The Morgan fingerprint density at radius 1 is 0.976 bits per heavy atom. The van der Waals surface area contributed by atoms with Crippen LogP contribution in [0.15, 0.2) is 28.7 Å². The summed E-state index contributed by atoms with van der Waals surface area (Å²) in [4.78, 5) is 12.9. The zero-order valence-corrected chi connectivity index (χ0v) is 23.6. The maximum absolute atomic E-state index is 13.7. The Morgan fingerprint density at radius 3 is 2.27 bits per heavy atom. The van der Waals surface area contributed by atoms with E-state index < -0.39 is 27.8 Å². The molecule has 3 N–H and O–H groups in total. The van der Waals surface area contributed by atoms with Gasteiger partial charge in [0, 0.05) is 50.4 Å². The van der Waals surface area contributed by atoms with Crippen molar-refractivity contribution in [2.45, 2.75) is 56.6 Å². The molecule has 1 aromatic carbocycles. The highest BCUT2D eigenvalue weighted by molar-refractivity contribution is 7.89. The second kappa shape index (κ2) is 10.2. The topological polar surface area (TPSA) is 152 Å². The molecule has 11 nitrogen and oxygen atoms in total. The van der Waals surface area contributed by atoms with Crippen LogP contribution in [0.4, 0.5) is 20.4 Å². The van der Waals surface area contributed by atoms with Gasteiger partial charge in [0.2, 0.25) is 21.9 Å². The van der Waals surface area contributed by atoms with Gasteiger partial charge in [0.15, 0.2) is 0 Å². The lowest BCUT2D eigenvalue weighted by molar-refractivity contribution is -0.0222. The summed E-state index contributed by atoms with van der Waals surface area (Å²) in [5, 5.41) is 22.5. The van der Waals surface area contributed by atoms with Gasteiger partial charge in [-0.15, -0.1) is 10.2 Å². The summed E-state index contributed by atoms with van der Waals surface area (Å²) in [6.07, 6.45) is 4.02. The maximum atomic E-state index is 13.7. The molecule has 2 aliphatic heterocycles. The van der Waals surface area contributed by atoms with Crippen molar-refractivity contribution in [2.75, 3.05) is 42.6 Å². The van der Waals surface area contributed by atoms with Gasteiger partial charge in [0.05, 0.1) is 12.2 Å². The molecule has 41 heavy (non-hydrogen) atoms. The number of aliphatic hydroxyl groups excluding tert-OH is 1. The van der Waals surface area contributed by atoms with E-state index in [1.54, 1.807) is 36.1 Å². The summed E-state index contributed by atoms with van der Waals surface area (Å²) < 4.78 is 57.8. The fourth-order valence-corrected chi connectivity index (χ4v) is 6.50. The van der Waals surface area contributed by atoms with Crippen molar-refractivity contribution in [2.24, 2.45) is 10.6 Å². The number of piperidine rings is 2. The molecule has 2 aromatic heterocycles. The number of aliphatic hydroxyl groups is 1. The summed E-state index contributed by atoms with van der Waals surface area (Å²) in [5.41, 5.74) is 3.16. The maximum Gasteiger partial charge on any atom is 0.266 e. The van der Waals surface area contributed by atoms with Crippen LogP contribution in [-0.4, -0.2) is 72.4 Å². The van der Waals surface area contributed by atoms with Crippen LogP contribution in [0.5, 0.6) is 0 Å². The van der Waals surface area contributed by atoms with Crippen molar-refractivity contribution < 1.29 is 26.7 Å². The van der Waals surface area contributed by atoms with Crippen molar-refractivity contribution in [3.05, 3.63) is 35.5 Å². The second-order valence-electron chi connectivity index (χ2n) is 11.5. The van der Waals surface area contributed by atoms with Gasteiger partial charge < -0.3 is 19.3 Å². The number of anilines is 2. The molecule has 0 bridgehead atoms. The van der Waals surface area contributed by atoms with E-state index in [-0.39, 0.29) is 37.7 Å². The van der Waals surface area contributed by atoms with Crippen LogP contribution >= 0.6 is 0 Å².